The fourth-order valence-corrected chi connectivity index (χ4v) is 3.23. The fourth-order valence-electron chi connectivity index (χ4n) is 3.23. The summed E-state index contributed by atoms with van der Waals surface area (Å²) in [6, 6.07) is 6.76. The van der Waals surface area contributed by atoms with Crippen LogP contribution in [0.4, 0.5) is 4.39 Å². The number of amides is 1. The van der Waals surface area contributed by atoms with Gasteiger partial charge >= 0.3 is 0 Å². The molecule has 1 atom stereocenters. The molecule has 1 aromatic rings. The van der Waals surface area contributed by atoms with Crippen molar-refractivity contribution in [2.24, 2.45) is 5.92 Å². The van der Waals surface area contributed by atoms with Gasteiger partial charge in [-0.25, -0.2) is 4.39 Å². The molecule has 1 aromatic carbocycles. The Kier molecular flexibility index (Phi) is 6.49. The highest BCUT2D eigenvalue weighted by molar-refractivity contribution is 6.35. The molecule has 0 spiro atoms. The van der Waals surface area contributed by atoms with Crippen molar-refractivity contribution < 1.29 is 14.0 Å². The molecule has 0 aromatic heterocycles. The second-order valence-electron chi connectivity index (χ2n) is 6.79. The molecule has 1 unspecified atom stereocenters. The van der Waals surface area contributed by atoms with Crippen LogP contribution in [0.3, 0.4) is 0 Å². The van der Waals surface area contributed by atoms with Crippen LogP contribution in [-0.2, 0) is 16.1 Å². The number of rotatable bonds is 5. The van der Waals surface area contributed by atoms with Gasteiger partial charge < -0.3 is 4.90 Å². The first kappa shape index (κ1) is 18.6. The van der Waals surface area contributed by atoms with E-state index in [4.69, 9.17) is 0 Å². The standard InChI is InChI=1S/C19H27FN2O2/c1-4-18(23)19(24)22-11-5-10-21(17(13-22)14(2)3)12-15-6-8-16(20)9-7-15/h6-9,14,17H,4-5,10-13H2,1-3H3. The number of halogens is 1. The fraction of sp³-hybridized carbons (Fsp3) is 0.579. The molecule has 1 aliphatic heterocycles. The van der Waals surface area contributed by atoms with Crippen LogP contribution in [0.2, 0.25) is 0 Å². The maximum Gasteiger partial charge on any atom is 0.289 e. The van der Waals surface area contributed by atoms with E-state index in [1.807, 2.05) is 0 Å². The SMILES string of the molecule is CCC(=O)C(=O)N1CCCN(Cc2ccc(F)cc2)C(C(C)C)C1. The van der Waals surface area contributed by atoms with Gasteiger partial charge in [-0.1, -0.05) is 32.9 Å². The lowest BCUT2D eigenvalue weighted by molar-refractivity contribution is -0.144. The molecule has 0 saturated carbocycles. The van der Waals surface area contributed by atoms with Gasteiger partial charge in [-0.2, -0.15) is 0 Å². The van der Waals surface area contributed by atoms with E-state index < -0.39 is 0 Å². The van der Waals surface area contributed by atoms with Crippen molar-refractivity contribution in [2.45, 2.75) is 46.2 Å². The Morgan fingerprint density at radius 2 is 1.88 bits per heavy atom. The van der Waals surface area contributed by atoms with Crippen molar-refractivity contribution in [2.75, 3.05) is 19.6 Å². The minimum Gasteiger partial charge on any atom is -0.334 e. The van der Waals surface area contributed by atoms with Crippen molar-refractivity contribution in [3.63, 3.8) is 0 Å². The van der Waals surface area contributed by atoms with Gasteiger partial charge in [0.05, 0.1) is 0 Å². The summed E-state index contributed by atoms with van der Waals surface area (Å²) in [4.78, 5) is 28.1. The van der Waals surface area contributed by atoms with E-state index in [1.165, 1.54) is 12.1 Å². The molecule has 1 fully saturated rings. The average Bonchev–Trinajstić information content (AvgIpc) is 2.78. The quantitative estimate of drug-likeness (QED) is 0.778. The Labute approximate surface area is 143 Å². The summed E-state index contributed by atoms with van der Waals surface area (Å²) in [5.74, 6) is -0.545. The maximum atomic E-state index is 13.1. The van der Waals surface area contributed by atoms with Crippen molar-refractivity contribution in [1.29, 1.82) is 0 Å². The third-order valence-corrected chi connectivity index (χ3v) is 4.67. The van der Waals surface area contributed by atoms with Gasteiger partial charge in [0.25, 0.3) is 5.91 Å². The van der Waals surface area contributed by atoms with E-state index in [2.05, 4.69) is 18.7 Å². The van der Waals surface area contributed by atoms with Crippen LogP contribution >= 0.6 is 0 Å². The first-order valence-corrected chi connectivity index (χ1v) is 8.73. The van der Waals surface area contributed by atoms with E-state index in [9.17, 15) is 14.0 Å². The summed E-state index contributed by atoms with van der Waals surface area (Å²) in [6.07, 6.45) is 1.09. The van der Waals surface area contributed by atoms with Crippen LogP contribution in [-0.4, -0.2) is 47.2 Å². The third kappa shape index (κ3) is 4.63. The number of Topliss-reactive ketones (excluding diaryl/α,β-unsaturated/α-hetero) is 1. The molecular weight excluding hydrogens is 307 g/mol. The topological polar surface area (TPSA) is 40.6 Å². The number of hydrogen-bond acceptors (Lipinski definition) is 3. The number of ketones is 1. The minimum atomic E-state index is -0.355. The highest BCUT2D eigenvalue weighted by atomic mass is 19.1. The summed E-state index contributed by atoms with van der Waals surface area (Å²) < 4.78 is 13.1. The number of carbonyl (C=O) groups excluding carboxylic acids is 2. The molecule has 4 nitrogen and oxygen atoms in total. The smallest absolute Gasteiger partial charge is 0.289 e. The Balaban J connectivity index is 2.12. The third-order valence-electron chi connectivity index (χ3n) is 4.67. The molecule has 5 heteroatoms. The predicted molar refractivity (Wildman–Crippen MR) is 91.9 cm³/mol. The molecule has 0 aliphatic carbocycles. The molecule has 0 bridgehead atoms. The molecule has 24 heavy (non-hydrogen) atoms. The van der Waals surface area contributed by atoms with Crippen molar-refractivity contribution >= 4 is 11.7 Å². The van der Waals surface area contributed by atoms with Crippen molar-refractivity contribution in [3.8, 4) is 0 Å². The highest BCUT2D eigenvalue weighted by Crippen LogP contribution is 2.20. The Bertz CT molecular complexity index is 571. The second kappa shape index (κ2) is 8.38. The summed E-state index contributed by atoms with van der Waals surface area (Å²) in [5, 5.41) is 0. The Morgan fingerprint density at radius 3 is 2.46 bits per heavy atom. The largest absolute Gasteiger partial charge is 0.334 e. The van der Waals surface area contributed by atoms with Gasteiger partial charge in [-0.05, 0) is 30.0 Å². The average molecular weight is 334 g/mol. The molecule has 0 radical (unpaired) electrons. The van der Waals surface area contributed by atoms with Gasteiger partial charge in [0.15, 0.2) is 0 Å². The Hall–Kier alpha value is -1.75. The lowest BCUT2D eigenvalue weighted by atomic mass is 10.0. The zero-order valence-electron chi connectivity index (χ0n) is 14.8. The number of hydrogen-bond donors (Lipinski definition) is 0. The summed E-state index contributed by atoms with van der Waals surface area (Å²) in [7, 11) is 0. The minimum absolute atomic E-state index is 0.186. The molecule has 2 rings (SSSR count). The van der Waals surface area contributed by atoms with E-state index in [0.29, 0.717) is 19.0 Å². The van der Waals surface area contributed by atoms with E-state index in [-0.39, 0.29) is 30.0 Å². The van der Waals surface area contributed by atoms with Crippen LogP contribution in [0.25, 0.3) is 0 Å². The molecule has 1 heterocycles. The van der Waals surface area contributed by atoms with Crippen molar-refractivity contribution in [3.05, 3.63) is 35.6 Å². The first-order valence-electron chi connectivity index (χ1n) is 8.73. The second-order valence-corrected chi connectivity index (χ2v) is 6.79. The Morgan fingerprint density at radius 1 is 1.21 bits per heavy atom. The number of benzene rings is 1. The summed E-state index contributed by atoms with van der Waals surface area (Å²) >= 11 is 0. The maximum absolute atomic E-state index is 13.1. The van der Waals surface area contributed by atoms with Crippen LogP contribution < -0.4 is 0 Å². The van der Waals surface area contributed by atoms with Gasteiger partial charge in [0.1, 0.15) is 5.82 Å². The van der Waals surface area contributed by atoms with E-state index >= 15 is 0 Å². The zero-order chi connectivity index (χ0) is 17.7. The van der Waals surface area contributed by atoms with Crippen molar-refractivity contribution in [1.82, 2.24) is 9.80 Å². The molecule has 0 N–H and O–H groups in total. The number of nitrogens with zero attached hydrogens (tertiary/aromatic N) is 2. The van der Waals surface area contributed by atoms with Crippen LogP contribution in [0.5, 0.6) is 0 Å². The predicted octanol–water partition coefficient (Wildman–Crippen LogP) is 2.86. The van der Waals surface area contributed by atoms with Crippen LogP contribution in [0.1, 0.15) is 39.2 Å². The van der Waals surface area contributed by atoms with E-state index in [0.717, 1.165) is 25.1 Å². The van der Waals surface area contributed by atoms with Gasteiger partial charge in [0, 0.05) is 38.6 Å². The lowest BCUT2D eigenvalue weighted by Gasteiger charge is -2.34. The summed E-state index contributed by atoms with van der Waals surface area (Å²) in [6.45, 7) is 8.78. The van der Waals surface area contributed by atoms with Crippen LogP contribution in [0, 0.1) is 11.7 Å². The molecular formula is C19H27FN2O2. The van der Waals surface area contributed by atoms with Crippen LogP contribution in [0.15, 0.2) is 24.3 Å². The first-order chi connectivity index (χ1) is 11.4. The molecule has 132 valence electrons. The molecule has 1 aliphatic rings. The molecule has 1 amide bonds. The molecule has 1 saturated heterocycles. The van der Waals surface area contributed by atoms with Gasteiger partial charge in [-0.3, -0.25) is 14.5 Å². The van der Waals surface area contributed by atoms with Gasteiger partial charge in [-0.15, -0.1) is 0 Å². The monoisotopic (exact) mass is 334 g/mol. The zero-order valence-corrected chi connectivity index (χ0v) is 14.8. The van der Waals surface area contributed by atoms with Gasteiger partial charge in [0.2, 0.25) is 5.78 Å². The summed E-state index contributed by atoms with van der Waals surface area (Å²) in [5.41, 5.74) is 1.06. The highest BCUT2D eigenvalue weighted by Gasteiger charge is 2.31. The normalized spacial score (nSPS) is 19.4. The lowest BCUT2D eigenvalue weighted by Crippen LogP contribution is -2.47. The van der Waals surface area contributed by atoms with E-state index in [1.54, 1.807) is 24.0 Å². The number of carbonyl (C=O) groups is 2.